The molecular formula is C15H31N3O2. The van der Waals surface area contributed by atoms with Crippen LogP contribution in [0.5, 0.6) is 0 Å². The van der Waals surface area contributed by atoms with E-state index >= 15 is 0 Å². The molecule has 0 aromatic carbocycles. The quantitative estimate of drug-likeness (QED) is 0.453. The van der Waals surface area contributed by atoms with Gasteiger partial charge in [-0.1, -0.05) is 71.1 Å². The molecule has 0 radical (unpaired) electrons. The highest BCUT2D eigenvalue weighted by Crippen LogP contribution is 2.11. The summed E-state index contributed by atoms with van der Waals surface area (Å²) in [6, 6.07) is -1.32. The van der Waals surface area contributed by atoms with E-state index in [-0.39, 0.29) is 0 Å². The van der Waals surface area contributed by atoms with Crippen molar-refractivity contribution in [2.75, 3.05) is 0 Å². The van der Waals surface area contributed by atoms with E-state index in [4.69, 9.17) is 11.5 Å². The molecule has 0 aliphatic heterocycles. The normalized spacial score (nSPS) is 12.1. The molecule has 0 heterocycles. The zero-order valence-electron chi connectivity index (χ0n) is 12.8. The largest absolute Gasteiger partial charge is 0.368 e. The van der Waals surface area contributed by atoms with Gasteiger partial charge in [0.05, 0.1) is 0 Å². The van der Waals surface area contributed by atoms with E-state index in [2.05, 4.69) is 12.2 Å². The summed E-state index contributed by atoms with van der Waals surface area (Å²) >= 11 is 0. The van der Waals surface area contributed by atoms with Crippen LogP contribution < -0.4 is 16.8 Å². The summed E-state index contributed by atoms with van der Waals surface area (Å²) in [5.74, 6) is -0.514. The maximum atomic E-state index is 11.1. The van der Waals surface area contributed by atoms with E-state index in [0.29, 0.717) is 6.42 Å². The first kappa shape index (κ1) is 18.7. The van der Waals surface area contributed by atoms with Gasteiger partial charge in [-0.2, -0.15) is 0 Å². The van der Waals surface area contributed by atoms with Crippen LogP contribution in [0.1, 0.15) is 77.6 Å². The fourth-order valence-corrected chi connectivity index (χ4v) is 2.29. The molecule has 5 nitrogen and oxygen atoms in total. The third-order valence-electron chi connectivity index (χ3n) is 3.51. The fraction of sp³-hybridized carbons (Fsp3) is 0.867. The molecule has 0 aliphatic carbocycles. The monoisotopic (exact) mass is 285 g/mol. The van der Waals surface area contributed by atoms with Crippen LogP contribution in [0.3, 0.4) is 0 Å². The molecule has 1 unspecified atom stereocenters. The Kier molecular flexibility index (Phi) is 12.0. The van der Waals surface area contributed by atoms with Crippen molar-refractivity contribution in [1.29, 1.82) is 0 Å². The minimum atomic E-state index is -0.694. The number of unbranched alkanes of at least 4 members (excludes halogenated alkanes) is 9. The number of carbonyl (C=O) groups excluding carboxylic acids is 2. The van der Waals surface area contributed by atoms with Crippen LogP contribution in [-0.2, 0) is 4.79 Å². The van der Waals surface area contributed by atoms with Gasteiger partial charge in [-0.15, -0.1) is 0 Å². The van der Waals surface area contributed by atoms with Gasteiger partial charge in [0.15, 0.2) is 0 Å². The predicted molar refractivity (Wildman–Crippen MR) is 82.2 cm³/mol. The van der Waals surface area contributed by atoms with Gasteiger partial charge in [0.25, 0.3) is 0 Å². The molecule has 0 fully saturated rings. The van der Waals surface area contributed by atoms with Crippen LogP contribution in [-0.4, -0.2) is 18.0 Å². The Morgan fingerprint density at radius 1 is 0.850 bits per heavy atom. The Morgan fingerprint density at radius 2 is 1.30 bits per heavy atom. The first-order chi connectivity index (χ1) is 9.57. The van der Waals surface area contributed by atoms with Gasteiger partial charge in [-0.3, -0.25) is 4.79 Å². The lowest BCUT2D eigenvalue weighted by molar-refractivity contribution is -0.119. The number of nitrogens with two attached hydrogens (primary N) is 2. The molecule has 5 N–H and O–H groups in total. The summed E-state index contributed by atoms with van der Waals surface area (Å²) in [4.78, 5) is 21.8. The van der Waals surface area contributed by atoms with Gasteiger partial charge < -0.3 is 16.8 Å². The standard InChI is InChI=1S/C15H31N3O2/c1-2-3-4-5-6-7-8-9-10-11-12-13(14(16)19)18-15(17)20/h13H,2-12H2,1H3,(H2,16,19)(H3,17,18,20). The molecule has 0 saturated heterocycles. The smallest absolute Gasteiger partial charge is 0.312 e. The molecule has 20 heavy (non-hydrogen) atoms. The average molecular weight is 285 g/mol. The third-order valence-corrected chi connectivity index (χ3v) is 3.51. The number of amides is 3. The average Bonchev–Trinajstić information content (AvgIpc) is 2.39. The highest BCUT2D eigenvalue weighted by Gasteiger charge is 2.15. The Bertz CT molecular complexity index is 270. The molecule has 0 aromatic heterocycles. The highest BCUT2D eigenvalue weighted by atomic mass is 16.2. The minimum Gasteiger partial charge on any atom is -0.368 e. The van der Waals surface area contributed by atoms with E-state index < -0.39 is 18.0 Å². The lowest BCUT2D eigenvalue weighted by Crippen LogP contribution is -2.46. The molecule has 0 saturated carbocycles. The summed E-state index contributed by atoms with van der Waals surface area (Å²) in [6.07, 6.45) is 12.9. The highest BCUT2D eigenvalue weighted by molar-refractivity contribution is 5.85. The second kappa shape index (κ2) is 12.8. The molecule has 0 spiro atoms. The number of urea groups is 1. The lowest BCUT2D eigenvalue weighted by Gasteiger charge is -2.13. The van der Waals surface area contributed by atoms with Gasteiger partial charge >= 0.3 is 6.03 Å². The first-order valence-corrected chi connectivity index (χ1v) is 7.93. The van der Waals surface area contributed by atoms with E-state index in [0.717, 1.165) is 12.8 Å². The molecule has 5 heteroatoms. The van der Waals surface area contributed by atoms with E-state index in [1.165, 1.54) is 51.4 Å². The SMILES string of the molecule is CCCCCCCCCCCCC(NC(N)=O)C(N)=O. The summed E-state index contributed by atoms with van der Waals surface area (Å²) in [5, 5.41) is 2.37. The third kappa shape index (κ3) is 11.8. The van der Waals surface area contributed by atoms with Crippen molar-refractivity contribution in [3.63, 3.8) is 0 Å². The lowest BCUT2D eigenvalue weighted by atomic mass is 10.0. The van der Waals surface area contributed by atoms with Crippen molar-refractivity contribution >= 4 is 11.9 Å². The predicted octanol–water partition coefficient (Wildman–Crippen LogP) is 2.82. The van der Waals surface area contributed by atoms with Gasteiger partial charge in [0.1, 0.15) is 6.04 Å². The van der Waals surface area contributed by atoms with Gasteiger partial charge in [-0.25, -0.2) is 4.79 Å². The minimum absolute atomic E-state index is 0.514. The van der Waals surface area contributed by atoms with Crippen molar-refractivity contribution < 1.29 is 9.59 Å². The maximum absolute atomic E-state index is 11.1. The summed E-state index contributed by atoms with van der Waals surface area (Å²) in [6.45, 7) is 2.23. The second-order valence-corrected chi connectivity index (χ2v) is 5.43. The van der Waals surface area contributed by atoms with Crippen LogP contribution in [0.25, 0.3) is 0 Å². The molecule has 0 bridgehead atoms. The molecule has 0 aliphatic rings. The Hall–Kier alpha value is -1.26. The van der Waals surface area contributed by atoms with Crippen LogP contribution >= 0.6 is 0 Å². The van der Waals surface area contributed by atoms with Crippen molar-refractivity contribution in [2.24, 2.45) is 11.5 Å². The number of primary amides is 2. The Balaban J connectivity index is 3.41. The zero-order chi connectivity index (χ0) is 15.2. The number of rotatable bonds is 13. The van der Waals surface area contributed by atoms with Crippen molar-refractivity contribution in [2.45, 2.75) is 83.6 Å². The van der Waals surface area contributed by atoms with Gasteiger partial charge in [0, 0.05) is 0 Å². The number of carbonyl (C=O) groups is 2. The zero-order valence-corrected chi connectivity index (χ0v) is 12.8. The van der Waals surface area contributed by atoms with Crippen LogP contribution in [0.2, 0.25) is 0 Å². The summed E-state index contributed by atoms with van der Waals surface area (Å²) in [7, 11) is 0. The number of nitrogens with one attached hydrogen (secondary N) is 1. The molecular weight excluding hydrogens is 254 g/mol. The van der Waals surface area contributed by atoms with E-state index in [9.17, 15) is 9.59 Å². The number of hydrogen-bond acceptors (Lipinski definition) is 2. The molecule has 3 amide bonds. The number of hydrogen-bond donors (Lipinski definition) is 3. The summed E-state index contributed by atoms with van der Waals surface area (Å²) < 4.78 is 0. The topological polar surface area (TPSA) is 98.2 Å². The molecule has 0 rings (SSSR count). The van der Waals surface area contributed by atoms with Crippen molar-refractivity contribution in [1.82, 2.24) is 5.32 Å². The first-order valence-electron chi connectivity index (χ1n) is 7.93. The van der Waals surface area contributed by atoms with Crippen LogP contribution in [0.15, 0.2) is 0 Å². The fourth-order valence-electron chi connectivity index (χ4n) is 2.29. The van der Waals surface area contributed by atoms with Gasteiger partial charge in [-0.05, 0) is 6.42 Å². The summed E-state index contributed by atoms with van der Waals surface area (Å²) in [5.41, 5.74) is 10.2. The molecule has 1 atom stereocenters. The van der Waals surface area contributed by atoms with E-state index in [1.807, 2.05) is 0 Å². The maximum Gasteiger partial charge on any atom is 0.312 e. The van der Waals surface area contributed by atoms with Crippen LogP contribution in [0.4, 0.5) is 4.79 Å². The van der Waals surface area contributed by atoms with Crippen molar-refractivity contribution in [3.05, 3.63) is 0 Å². The Morgan fingerprint density at radius 3 is 1.70 bits per heavy atom. The van der Waals surface area contributed by atoms with E-state index in [1.54, 1.807) is 0 Å². The molecule has 118 valence electrons. The second-order valence-electron chi connectivity index (χ2n) is 5.43. The molecule has 0 aromatic rings. The van der Waals surface area contributed by atoms with Crippen molar-refractivity contribution in [3.8, 4) is 0 Å². The Labute approximate surface area is 122 Å². The van der Waals surface area contributed by atoms with Crippen LogP contribution in [0, 0.1) is 0 Å². The van der Waals surface area contributed by atoms with Gasteiger partial charge in [0.2, 0.25) is 5.91 Å².